The van der Waals surface area contributed by atoms with Gasteiger partial charge in [0.1, 0.15) is 0 Å². The van der Waals surface area contributed by atoms with E-state index in [4.69, 9.17) is 5.11 Å². The number of nitrogens with zero attached hydrogens (tertiary/aromatic N) is 3. The topological polar surface area (TPSA) is 79.5 Å². The number of amides is 1. The third kappa shape index (κ3) is 2.26. The molecule has 1 amide bonds. The number of aromatic nitrogens is 3. The van der Waals surface area contributed by atoms with Gasteiger partial charge in [0.05, 0.1) is 36.1 Å². The molecule has 0 aliphatic carbocycles. The van der Waals surface area contributed by atoms with Crippen LogP contribution in [0.5, 0.6) is 0 Å². The molecule has 0 saturated heterocycles. The minimum Gasteiger partial charge on any atom is -0.394 e. The predicted octanol–water partition coefficient (Wildman–Crippen LogP) is 0.230. The van der Waals surface area contributed by atoms with Crippen LogP contribution < -0.4 is 5.32 Å². The van der Waals surface area contributed by atoms with Gasteiger partial charge in [-0.25, -0.2) is 4.52 Å². The molecule has 2 aromatic heterocycles. The molecule has 2 rings (SSSR count). The second-order valence-corrected chi connectivity index (χ2v) is 3.73. The summed E-state index contributed by atoms with van der Waals surface area (Å²) in [6.45, 7) is 1.83. The number of carbonyl (C=O) groups excluding carboxylic acids is 1. The standard InChI is InChI=1S/C11H14N4O2/c1-2-8(7-16)14-11(17)9-5-13-15-4-3-12-6-10(9)15/h3-6,8,16H,2,7H2,1H3,(H,14,17). The molecule has 0 saturated carbocycles. The van der Waals surface area contributed by atoms with Crippen molar-refractivity contribution in [1.82, 2.24) is 19.9 Å². The second-order valence-electron chi connectivity index (χ2n) is 3.73. The quantitative estimate of drug-likeness (QED) is 0.793. The van der Waals surface area contributed by atoms with E-state index in [9.17, 15) is 4.79 Å². The molecular formula is C11H14N4O2. The van der Waals surface area contributed by atoms with Crippen LogP contribution >= 0.6 is 0 Å². The third-order valence-corrected chi connectivity index (χ3v) is 2.62. The summed E-state index contributed by atoms with van der Waals surface area (Å²) < 4.78 is 1.59. The van der Waals surface area contributed by atoms with Crippen molar-refractivity contribution in [2.45, 2.75) is 19.4 Å². The van der Waals surface area contributed by atoms with Crippen LogP contribution in [-0.4, -0.2) is 38.3 Å². The number of fused-ring (bicyclic) bond motifs is 1. The van der Waals surface area contributed by atoms with E-state index in [1.807, 2.05) is 6.92 Å². The number of aliphatic hydroxyl groups is 1. The van der Waals surface area contributed by atoms with Crippen molar-refractivity contribution >= 4 is 11.4 Å². The predicted molar refractivity (Wildman–Crippen MR) is 61.6 cm³/mol. The van der Waals surface area contributed by atoms with E-state index in [1.165, 1.54) is 6.20 Å². The van der Waals surface area contributed by atoms with Gasteiger partial charge in [-0.15, -0.1) is 0 Å². The molecule has 0 fully saturated rings. The zero-order chi connectivity index (χ0) is 12.3. The van der Waals surface area contributed by atoms with E-state index in [2.05, 4.69) is 15.4 Å². The lowest BCUT2D eigenvalue weighted by molar-refractivity contribution is 0.0916. The minimum atomic E-state index is -0.242. The van der Waals surface area contributed by atoms with Gasteiger partial charge in [0.25, 0.3) is 5.91 Å². The lowest BCUT2D eigenvalue weighted by atomic mass is 10.2. The van der Waals surface area contributed by atoms with Crippen molar-refractivity contribution in [3.05, 3.63) is 30.4 Å². The maximum atomic E-state index is 11.9. The van der Waals surface area contributed by atoms with Crippen molar-refractivity contribution in [1.29, 1.82) is 0 Å². The second kappa shape index (κ2) is 4.92. The van der Waals surface area contributed by atoms with Crippen LogP contribution in [0.15, 0.2) is 24.8 Å². The highest BCUT2D eigenvalue weighted by Gasteiger charge is 2.15. The van der Waals surface area contributed by atoms with E-state index in [0.717, 1.165) is 0 Å². The molecule has 90 valence electrons. The number of rotatable bonds is 4. The highest BCUT2D eigenvalue weighted by molar-refractivity contribution is 6.00. The number of aliphatic hydroxyl groups excluding tert-OH is 1. The molecule has 6 heteroatoms. The number of nitrogens with one attached hydrogen (secondary N) is 1. The first-order chi connectivity index (χ1) is 8.26. The van der Waals surface area contributed by atoms with Gasteiger partial charge in [0, 0.05) is 12.4 Å². The fourth-order valence-corrected chi connectivity index (χ4v) is 1.55. The Morgan fingerprint density at radius 2 is 2.41 bits per heavy atom. The van der Waals surface area contributed by atoms with Gasteiger partial charge in [0.15, 0.2) is 0 Å². The van der Waals surface area contributed by atoms with E-state index in [-0.39, 0.29) is 18.6 Å². The van der Waals surface area contributed by atoms with Gasteiger partial charge < -0.3 is 10.4 Å². The molecule has 1 unspecified atom stereocenters. The molecule has 0 aromatic carbocycles. The molecule has 0 aliphatic heterocycles. The van der Waals surface area contributed by atoms with Crippen LogP contribution in [0.4, 0.5) is 0 Å². The SMILES string of the molecule is CCC(CO)NC(=O)c1cnn2ccncc12. The average Bonchev–Trinajstić information content (AvgIpc) is 2.79. The lowest BCUT2D eigenvalue weighted by Crippen LogP contribution is -2.36. The van der Waals surface area contributed by atoms with Gasteiger partial charge in [0.2, 0.25) is 0 Å². The molecule has 0 radical (unpaired) electrons. The van der Waals surface area contributed by atoms with Gasteiger partial charge in [-0.1, -0.05) is 6.92 Å². The van der Waals surface area contributed by atoms with Gasteiger partial charge in [-0.3, -0.25) is 9.78 Å². The third-order valence-electron chi connectivity index (χ3n) is 2.62. The van der Waals surface area contributed by atoms with E-state index in [1.54, 1.807) is 23.1 Å². The van der Waals surface area contributed by atoms with Crippen LogP contribution in [0.2, 0.25) is 0 Å². The Kier molecular flexibility index (Phi) is 3.34. The molecular weight excluding hydrogens is 220 g/mol. The zero-order valence-electron chi connectivity index (χ0n) is 9.50. The van der Waals surface area contributed by atoms with Crippen molar-refractivity contribution in [2.24, 2.45) is 0 Å². The summed E-state index contributed by atoms with van der Waals surface area (Å²) in [5.41, 5.74) is 1.11. The Morgan fingerprint density at radius 3 is 3.12 bits per heavy atom. The Balaban J connectivity index is 2.25. The van der Waals surface area contributed by atoms with E-state index in [0.29, 0.717) is 17.5 Å². The normalized spacial score (nSPS) is 12.6. The molecule has 2 heterocycles. The maximum Gasteiger partial charge on any atom is 0.255 e. The monoisotopic (exact) mass is 234 g/mol. The Labute approximate surface area is 98.3 Å². The molecule has 2 N–H and O–H groups in total. The summed E-state index contributed by atoms with van der Waals surface area (Å²) >= 11 is 0. The fraction of sp³-hybridized carbons (Fsp3) is 0.364. The fourth-order valence-electron chi connectivity index (χ4n) is 1.55. The molecule has 0 bridgehead atoms. The molecule has 0 aliphatic rings. The average molecular weight is 234 g/mol. The Hall–Kier alpha value is -1.95. The number of hydrogen-bond acceptors (Lipinski definition) is 4. The van der Waals surface area contributed by atoms with E-state index < -0.39 is 0 Å². The van der Waals surface area contributed by atoms with Gasteiger partial charge in [-0.2, -0.15) is 5.10 Å². The van der Waals surface area contributed by atoms with Crippen LogP contribution in [0.25, 0.3) is 5.52 Å². The van der Waals surface area contributed by atoms with Crippen LogP contribution in [0.3, 0.4) is 0 Å². The van der Waals surface area contributed by atoms with Crippen molar-refractivity contribution < 1.29 is 9.90 Å². The zero-order valence-corrected chi connectivity index (χ0v) is 9.50. The first-order valence-electron chi connectivity index (χ1n) is 5.45. The first-order valence-corrected chi connectivity index (χ1v) is 5.45. The summed E-state index contributed by atoms with van der Waals surface area (Å²) in [5.74, 6) is -0.242. The smallest absolute Gasteiger partial charge is 0.255 e. The van der Waals surface area contributed by atoms with Crippen molar-refractivity contribution in [2.75, 3.05) is 6.61 Å². The molecule has 2 aromatic rings. The molecule has 1 atom stereocenters. The first kappa shape index (κ1) is 11.5. The minimum absolute atomic E-state index is 0.0697. The van der Waals surface area contributed by atoms with E-state index >= 15 is 0 Å². The number of carbonyl (C=O) groups is 1. The Bertz CT molecular complexity index is 519. The van der Waals surface area contributed by atoms with Crippen LogP contribution in [0.1, 0.15) is 23.7 Å². The molecule has 17 heavy (non-hydrogen) atoms. The summed E-state index contributed by atoms with van der Waals surface area (Å²) in [6, 6.07) is -0.228. The van der Waals surface area contributed by atoms with Crippen molar-refractivity contribution in [3.63, 3.8) is 0 Å². The lowest BCUT2D eigenvalue weighted by Gasteiger charge is -2.13. The van der Waals surface area contributed by atoms with Gasteiger partial charge in [-0.05, 0) is 6.42 Å². The number of hydrogen-bond donors (Lipinski definition) is 2. The largest absolute Gasteiger partial charge is 0.394 e. The Morgan fingerprint density at radius 1 is 1.59 bits per heavy atom. The summed E-state index contributed by atoms with van der Waals surface area (Å²) in [4.78, 5) is 15.9. The summed E-state index contributed by atoms with van der Waals surface area (Å²) in [5, 5.41) is 15.8. The maximum absolute atomic E-state index is 11.9. The van der Waals surface area contributed by atoms with Crippen molar-refractivity contribution in [3.8, 4) is 0 Å². The van der Waals surface area contributed by atoms with Gasteiger partial charge >= 0.3 is 0 Å². The van der Waals surface area contributed by atoms with Crippen LogP contribution in [0, 0.1) is 0 Å². The highest BCUT2D eigenvalue weighted by Crippen LogP contribution is 2.08. The highest BCUT2D eigenvalue weighted by atomic mass is 16.3. The molecule has 6 nitrogen and oxygen atoms in total. The van der Waals surface area contributed by atoms with Crippen LogP contribution in [-0.2, 0) is 0 Å². The molecule has 0 spiro atoms. The summed E-state index contributed by atoms with van der Waals surface area (Å²) in [6.07, 6.45) is 7.04. The summed E-state index contributed by atoms with van der Waals surface area (Å²) in [7, 11) is 0.